The van der Waals surface area contributed by atoms with Crippen molar-refractivity contribution in [3.8, 4) is 11.5 Å². The van der Waals surface area contributed by atoms with Gasteiger partial charge in [-0.1, -0.05) is 42.0 Å². The van der Waals surface area contributed by atoms with E-state index in [9.17, 15) is 19.7 Å². The highest BCUT2D eigenvalue weighted by Crippen LogP contribution is 2.42. The van der Waals surface area contributed by atoms with Crippen LogP contribution >= 0.6 is 0 Å². The van der Waals surface area contributed by atoms with Crippen LogP contribution in [0.4, 0.5) is 5.69 Å². The molecule has 1 atom stereocenters. The molecule has 0 N–H and O–H groups in total. The number of nitro benzene ring substituents is 1. The molecular formula is C29H29NO6. The zero-order valence-electron chi connectivity index (χ0n) is 20.8. The average Bonchev–Trinajstić information content (AvgIpc) is 2.96. The Hall–Kier alpha value is -4.00. The zero-order chi connectivity index (χ0) is 26.0. The van der Waals surface area contributed by atoms with E-state index in [1.807, 2.05) is 13.0 Å². The monoisotopic (exact) mass is 487 g/mol. The van der Waals surface area contributed by atoms with Crippen LogP contribution in [0.3, 0.4) is 0 Å². The van der Waals surface area contributed by atoms with Gasteiger partial charge in [-0.3, -0.25) is 10.1 Å². The van der Waals surface area contributed by atoms with Gasteiger partial charge in [0.15, 0.2) is 0 Å². The van der Waals surface area contributed by atoms with Gasteiger partial charge >= 0.3 is 11.9 Å². The molecule has 0 aromatic heterocycles. The summed E-state index contributed by atoms with van der Waals surface area (Å²) in [6.07, 6.45) is 7.40. The van der Waals surface area contributed by atoms with Gasteiger partial charge in [0.25, 0.3) is 5.69 Å². The van der Waals surface area contributed by atoms with E-state index >= 15 is 0 Å². The highest BCUT2D eigenvalue weighted by Gasteiger charge is 2.29. The van der Waals surface area contributed by atoms with Crippen LogP contribution in [0.2, 0.25) is 0 Å². The fourth-order valence-electron chi connectivity index (χ4n) is 4.80. The zero-order valence-corrected chi connectivity index (χ0v) is 20.8. The molecule has 2 aromatic rings. The third-order valence-electron chi connectivity index (χ3n) is 6.76. The molecule has 2 aliphatic rings. The van der Waals surface area contributed by atoms with Crippen molar-refractivity contribution in [3.63, 3.8) is 0 Å². The number of rotatable bonds is 4. The summed E-state index contributed by atoms with van der Waals surface area (Å²) in [4.78, 5) is 37.0. The number of nitrogens with zero attached hydrogens (tertiary/aromatic N) is 1. The molecule has 2 bridgehead atoms. The summed E-state index contributed by atoms with van der Waals surface area (Å²) in [5.74, 6) is -0.600. The first-order valence-electron chi connectivity index (χ1n) is 12.0. The van der Waals surface area contributed by atoms with Gasteiger partial charge in [0.1, 0.15) is 17.1 Å². The highest BCUT2D eigenvalue weighted by atomic mass is 16.6. The standard InChI is InChI=1S/C29H29NO6/c1-17(2)23-14-11-18(3)7-5-9-20-12-13-21-15-22(16-24(23)27(21)36-28(20)31)35-29(32)26-19(4)8-6-10-25(26)30(33)34/h6-8,10,12,15-16,23H,1,5,9,11,13-14H2,2-4H3/b18-7-. The molecule has 0 fully saturated rings. The molecule has 36 heavy (non-hydrogen) atoms. The molecule has 7 nitrogen and oxygen atoms in total. The maximum absolute atomic E-state index is 13.1. The Morgan fingerprint density at radius 2 is 1.97 bits per heavy atom. The van der Waals surface area contributed by atoms with E-state index in [0.717, 1.165) is 30.4 Å². The smallest absolute Gasteiger partial charge is 0.350 e. The number of allylic oxidation sites excluding steroid dienone is 4. The second kappa shape index (κ2) is 10.3. The number of fused-ring (bicyclic) bond motifs is 2. The summed E-state index contributed by atoms with van der Waals surface area (Å²) in [5, 5.41) is 11.5. The minimum atomic E-state index is -0.809. The van der Waals surface area contributed by atoms with Crippen molar-refractivity contribution in [1.29, 1.82) is 0 Å². The van der Waals surface area contributed by atoms with E-state index in [1.54, 1.807) is 25.1 Å². The predicted octanol–water partition coefficient (Wildman–Crippen LogP) is 6.69. The number of carbonyl (C=O) groups excluding carboxylic acids is 2. The van der Waals surface area contributed by atoms with Crippen LogP contribution in [-0.4, -0.2) is 16.9 Å². The van der Waals surface area contributed by atoms with Crippen molar-refractivity contribution < 1.29 is 24.0 Å². The van der Waals surface area contributed by atoms with E-state index in [0.29, 0.717) is 35.3 Å². The first-order valence-corrected chi connectivity index (χ1v) is 12.0. The van der Waals surface area contributed by atoms with Gasteiger partial charge in [0.2, 0.25) is 0 Å². The molecule has 2 heterocycles. The van der Waals surface area contributed by atoms with Crippen LogP contribution in [0, 0.1) is 17.0 Å². The minimum Gasteiger partial charge on any atom is -0.423 e. The largest absolute Gasteiger partial charge is 0.423 e. The fraction of sp³-hybridized carbons (Fsp3) is 0.310. The SMILES string of the molecule is C=C(C)C1CC/C(C)=C\CCC2=CCc3cc(OC(=O)c4c(C)cccc4[N+](=O)[O-])cc1c3OC2=O. The molecule has 4 rings (SSSR count). The van der Waals surface area contributed by atoms with Crippen molar-refractivity contribution >= 4 is 17.6 Å². The second-order valence-electron chi connectivity index (χ2n) is 9.47. The first-order chi connectivity index (χ1) is 17.2. The summed E-state index contributed by atoms with van der Waals surface area (Å²) >= 11 is 0. The van der Waals surface area contributed by atoms with Crippen molar-refractivity contribution in [1.82, 2.24) is 0 Å². The molecule has 0 saturated carbocycles. The first kappa shape index (κ1) is 25.1. The van der Waals surface area contributed by atoms with Crippen LogP contribution in [0.15, 0.2) is 65.8 Å². The third-order valence-corrected chi connectivity index (χ3v) is 6.76. The molecule has 7 heteroatoms. The molecule has 186 valence electrons. The van der Waals surface area contributed by atoms with E-state index in [1.165, 1.54) is 17.7 Å². The average molecular weight is 488 g/mol. The number of carbonyl (C=O) groups is 2. The van der Waals surface area contributed by atoms with Crippen LogP contribution in [0.25, 0.3) is 0 Å². The summed E-state index contributed by atoms with van der Waals surface area (Å²) in [7, 11) is 0. The quantitative estimate of drug-likeness (QED) is 0.157. The predicted molar refractivity (Wildman–Crippen MR) is 136 cm³/mol. The lowest BCUT2D eigenvalue weighted by Gasteiger charge is -2.23. The van der Waals surface area contributed by atoms with Crippen molar-refractivity contribution in [2.24, 2.45) is 0 Å². The summed E-state index contributed by atoms with van der Waals surface area (Å²) in [5.41, 5.74) is 4.24. The Bertz CT molecular complexity index is 1330. The lowest BCUT2D eigenvalue weighted by molar-refractivity contribution is -0.385. The lowest BCUT2D eigenvalue weighted by Crippen LogP contribution is -2.15. The topological polar surface area (TPSA) is 95.7 Å². The van der Waals surface area contributed by atoms with E-state index < -0.39 is 10.9 Å². The van der Waals surface area contributed by atoms with Crippen LogP contribution in [0.5, 0.6) is 11.5 Å². The minimum absolute atomic E-state index is 0.0873. The number of esters is 2. The van der Waals surface area contributed by atoms with E-state index in [4.69, 9.17) is 9.47 Å². The Morgan fingerprint density at radius 3 is 2.69 bits per heavy atom. The highest BCUT2D eigenvalue weighted by molar-refractivity contribution is 5.97. The normalized spacial score (nSPS) is 19.0. The molecule has 2 aliphatic heterocycles. The van der Waals surface area contributed by atoms with Crippen molar-refractivity contribution in [3.05, 3.63) is 98.2 Å². The van der Waals surface area contributed by atoms with E-state index in [-0.39, 0.29) is 28.9 Å². The third kappa shape index (κ3) is 5.15. The fourth-order valence-corrected chi connectivity index (χ4v) is 4.80. The Balaban J connectivity index is 1.82. The van der Waals surface area contributed by atoms with Gasteiger partial charge in [0.05, 0.1) is 4.92 Å². The number of aryl methyl sites for hydroxylation is 1. The Labute approximate surface area is 210 Å². The van der Waals surface area contributed by atoms with Gasteiger partial charge in [-0.15, -0.1) is 0 Å². The molecule has 1 unspecified atom stereocenters. The maximum atomic E-state index is 13.1. The van der Waals surface area contributed by atoms with Crippen molar-refractivity contribution in [2.75, 3.05) is 0 Å². The van der Waals surface area contributed by atoms with Crippen LogP contribution < -0.4 is 9.47 Å². The Kier molecular flexibility index (Phi) is 7.20. The number of nitro groups is 1. The second-order valence-corrected chi connectivity index (χ2v) is 9.47. The van der Waals surface area contributed by atoms with Crippen molar-refractivity contribution in [2.45, 2.75) is 58.8 Å². The Morgan fingerprint density at radius 1 is 1.19 bits per heavy atom. The molecule has 0 saturated heterocycles. The molecule has 2 aromatic carbocycles. The summed E-state index contributed by atoms with van der Waals surface area (Å²) < 4.78 is 11.6. The number of hydrogen-bond donors (Lipinski definition) is 0. The van der Waals surface area contributed by atoms with Gasteiger partial charge in [0, 0.05) is 28.7 Å². The molecule has 0 radical (unpaired) electrons. The van der Waals surface area contributed by atoms with E-state index in [2.05, 4.69) is 19.6 Å². The summed E-state index contributed by atoms with van der Waals surface area (Å²) in [6, 6.07) is 7.82. The van der Waals surface area contributed by atoms with Gasteiger partial charge in [-0.05, 0) is 70.6 Å². The summed E-state index contributed by atoms with van der Waals surface area (Å²) in [6.45, 7) is 9.83. The van der Waals surface area contributed by atoms with Gasteiger partial charge in [-0.25, -0.2) is 9.59 Å². The molecule has 0 amide bonds. The number of benzene rings is 2. The maximum Gasteiger partial charge on any atom is 0.350 e. The van der Waals surface area contributed by atoms with Crippen LogP contribution in [0.1, 0.15) is 72.5 Å². The molecular weight excluding hydrogens is 458 g/mol. The van der Waals surface area contributed by atoms with Gasteiger partial charge in [-0.2, -0.15) is 0 Å². The number of ether oxygens (including phenoxy) is 2. The van der Waals surface area contributed by atoms with Gasteiger partial charge < -0.3 is 9.47 Å². The van der Waals surface area contributed by atoms with Crippen LogP contribution in [-0.2, 0) is 11.2 Å². The lowest BCUT2D eigenvalue weighted by atomic mass is 9.85. The number of hydrogen-bond acceptors (Lipinski definition) is 6. The molecule has 0 aliphatic carbocycles. The molecule has 0 spiro atoms.